The molecule has 3 aromatic rings. The van der Waals surface area contributed by atoms with Crippen LogP contribution in [0.1, 0.15) is 5.56 Å². The van der Waals surface area contributed by atoms with Crippen molar-refractivity contribution in [2.75, 3.05) is 0 Å². The molecule has 118 valence electrons. The lowest BCUT2D eigenvalue weighted by molar-refractivity contribution is 0.548. The molecular weight excluding hydrogens is 318 g/mol. The summed E-state index contributed by atoms with van der Waals surface area (Å²) in [7, 11) is 0. The van der Waals surface area contributed by atoms with Crippen LogP contribution in [0.15, 0.2) is 54.6 Å². The Morgan fingerprint density at radius 2 is 1.17 bits per heavy atom. The van der Waals surface area contributed by atoms with Crippen LogP contribution in [0.5, 0.6) is 0 Å². The van der Waals surface area contributed by atoms with Crippen molar-refractivity contribution >= 4 is 0 Å². The molecule has 3 aromatic carbocycles. The molecule has 3 rings (SSSR count). The molecule has 0 spiro atoms. The van der Waals surface area contributed by atoms with Gasteiger partial charge in [0.25, 0.3) is 0 Å². The molecule has 0 N–H and O–H groups in total. The van der Waals surface area contributed by atoms with Crippen LogP contribution in [0.25, 0.3) is 22.3 Å². The molecule has 0 atom stereocenters. The molecule has 24 heavy (non-hydrogen) atoms. The number of nitrogens with zero attached hydrogens (tertiary/aromatic N) is 1. The summed E-state index contributed by atoms with van der Waals surface area (Å²) in [5.74, 6) is -3.62. The molecule has 0 aliphatic rings. The van der Waals surface area contributed by atoms with Gasteiger partial charge < -0.3 is 0 Å². The van der Waals surface area contributed by atoms with E-state index < -0.39 is 23.3 Å². The second kappa shape index (κ2) is 6.17. The molecule has 0 aliphatic carbocycles. The van der Waals surface area contributed by atoms with Gasteiger partial charge in [-0.2, -0.15) is 5.26 Å². The summed E-state index contributed by atoms with van der Waals surface area (Å²) in [5, 5.41) is 8.73. The third-order valence-corrected chi connectivity index (χ3v) is 3.60. The van der Waals surface area contributed by atoms with Gasteiger partial charge in [0.1, 0.15) is 29.3 Å². The first kappa shape index (κ1) is 15.8. The van der Waals surface area contributed by atoms with E-state index in [1.807, 2.05) is 0 Å². The van der Waals surface area contributed by atoms with Gasteiger partial charge in [-0.3, -0.25) is 0 Å². The Kier molecular flexibility index (Phi) is 4.05. The van der Waals surface area contributed by atoms with Gasteiger partial charge in [-0.1, -0.05) is 30.3 Å². The van der Waals surface area contributed by atoms with Crippen molar-refractivity contribution in [2.45, 2.75) is 0 Å². The van der Waals surface area contributed by atoms with Crippen molar-refractivity contribution in [1.29, 1.82) is 5.26 Å². The molecule has 0 aromatic heterocycles. The Morgan fingerprint density at radius 1 is 0.625 bits per heavy atom. The molecule has 0 bridgehead atoms. The molecule has 0 unspecified atom stereocenters. The molecular formula is C19H9F4N. The monoisotopic (exact) mass is 327 g/mol. The summed E-state index contributed by atoms with van der Waals surface area (Å²) in [6.45, 7) is 0. The van der Waals surface area contributed by atoms with Gasteiger partial charge in [0, 0.05) is 12.1 Å². The van der Waals surface area contributed by atoms with Crippen LogP contribution in [0.3, 0.4) is 0 Å². The standard InChI is InChI=1S/C19H9F4N/c20-15-8-17(22)19(18(23)9-15)12-3-1-11(2-4-12)13-5-6-14(10-24)16(21)7-13/h1-9H. The average molecular weight is 327 g/mol. The largest absolute Gasteiger partial charge is 0.207 e. The van der Waals surface area contributed by atoms with E-state index in [0.29, 0.717) is 23.3 Å². The Labute approximate surface area is 135 Å². The number of nitriles is 1. The Morgan fingerprint density at radius 3 is 1.71 bits per heavy atom. The van der Waals surface area contributed by atoms with Crippen LogP contribution in [-0.4, -0.2) is 0 Å². The lowest BCUT2D eigenvalue weighted by Gasteiger charge is -2.08. The summed E-state index contributed by atoms with van der Waals surface area (Å²) < 4.78 is 54.2. The van der Waals surface area contributed by atoms with Crippen LogP contribution >= 0.6 is 0 Å². The maximum atomic E-state index is 13.8. The first-order chi connectivity index (χ1) is 11.5. The minimum Gasteiger partial charge on any atom is -0.207 e. The van der Waals surface area contributed by atoms with Crippen molar-refractivity contribution in [3.05, 3.63) is 83.4 Å². The normalized spacial score (nSPS) is 10.5. The van der Waals surface area contributed by atoms with E-state index in [1.165, 1.54) is 24.3 Å². The van der Waals surface area contributed by atoms with E-state index in [-0.39, 0.29) is 16.7 Å². The second-order valence-corrected chi connectivity index (χ2v) is 5.13. The Hall–Kier alpha value is -3.13. The van der Waals surface area contributed by atoms with Crippen LogP contribution in [0.2, 0.25) is 0 Å². The summed E-state index contributed by atoms with van der Waals surface area (Å²) >= 11 is 0. The minimum absolute atomic E-state index is 0.0641. The van der Waals surface area contributed by atoms with Crippen molar-refractivity contribution < 1.29 is 17.6 Å². The zero-order valence-electron chi connectivity index (χ0n) is 12.2. The van der Waals surface area contributed by atoms with Crippen LogP contribution in [-0.2, 0) is 0 Å². The molecule has 1 nitrogen and oxygen atoms in total. The molecule has 0 amide bonds. The summed E-state index contributed by atoms with van der Waals surface area (Å²) in [4.78, 5) is 0. The molecule has 0 saturated carbocycles. The topological polar surface area (TPSA) is 23.8 Å². The molecule has 5 heteroatoms. The third kappa shape index (κ3) is 2.86. The van der Waals surface area contributed by atoms with Crippen LogP contribution in [0.4, 0.5) is 17.6 Å². The first-order valence-corrected chi connectivity index (χ1v) is 6.94. The molecule has 0 saturated heterocycles. The van der Waals surface area contributed by atoms with E-state index in [1.54, 1.807) is 24.3 Å². The fourth-order valence-corrected chi connectivity index (χ4v) is 2.43. The summed E-state index contributed by atoms with van der Waals surface area (Å²) in [6, 6.07) is 13.2. The summed E-state index contributed by atoms with van der Waals surface area (Å²) in [5.41, 5.74) is 0.991. The summed E-state index contributed by atoms with van der Waals surface area (Å²) in [6.07, 6.45) is 0. The van der Waals surface area contributed by atoms with Gasteiger partial charge in [-0.05, 0) is 28.8 Å². The SMILES string of the molecule is N#Cc1ccc(-c2ccc(-c3c(F)cc(F)cc3F)cc2)cc1F. The second-order valence-electron chi connectivity index (χ2n) is 5.13. The number of rotatable bonds is 2. The van der Waals surface area contributed by atoms with E-state index in [0.717, 1.165) is 0 Å². The Balaban J connectivity index is 2.00. The predicted octanol–water partition coefficient (Wildman–Crippen LogP) is 5.45. The predicted molar refractivity (Wildman–Crippen MR) is 81.9 cm³/mol. The van der Waals surface area contributed by atoms with Crippen molar-refractivity contribution in [2.24, 2.45) is 0 Å². The van der Waals surface area contributed by atoms with Gasteiger partial charge in [0.2, 0.25) is 0 Å². The highest BCUT2D eigenvalue weighted by Gasteiger charge is 2.14. The lowest BCUT2D eigenvalue weighted by atomic mass is 9.99. The number of hydrogen-bond acceptors (Lipinski definition) is 1. The van der Waals surface area contributed by atoms with E-state index >= 15 is 0 Å². The fourth-order valence-electron chi connectivity index (χ4n) is 2.43. The average Bonchev–Trinajstić information content (AvgIpc) is 2.54. The van der Waals surface area contributed by atoms with Gasteiger partial charge in [-0.25, -0.2) is 17.6 Å². The maximum Gasteiger partial charge on any atom is 0.141 e. The highest BCUT2D eigenvalue weighted by atomic mass is 19.1. The van der Waals surface area contributed by atoms with Crippen LogP contribution in [0, 0.1) is 34.6 Å². The Bertz CT molecular complexity index is 933. The molecule has 0 fully saturated rings. The molecule has 0 aliphatic heterocycles. The van der Waals surface area contributed by atoms with E-state index in [9.17, 15) is 17.6 Å². The zero-order valence-corrected chi connectivity index (χ0v) is 12.2. The highest BCUT2D eigenvalue weighted by Crippen LogP contribution is 2.29. The lowest BCUT2D eigenvalue weighted by Crippen LogP contribution is -1.92. The quantitative estimate of drug-likeness (QED) is 0.574. The maximum absolute atomic E-state index is 13.8. The third-order valence-electron chi connectivity index (χ3n) is 3.60. The van der Waals surface area contributed by atoms with Crippen molar-refractivity contribution in [1.82, 2.24) is 0 Å². The highest BCUT2D eigenvalue weighted by molar-refractivity contribution is 5.71. The molecule has 0 heterocycles. The van der Waals surface area contributed by atoms with E-state index in [2.05, 4.69) is 0 Å². The van der Waals surface area contributed by atoms with Gasteiger partial charge in [0.15, 0.2) is 0 Å². The van der Waals surface area contributed by atoms with Crippen molar-refractivity contribution in [3.8, 4) is 28.3 Å². The van der Waals surface area contributed by atoms with Crippen LogP contribution < -0.4 is 0 Å². The van der Waals surface area contributed by atoms with E-state index in [4.69, 9.17) is 5.26 Å². The molecule has 0 radical (unpaired) electrons. The first-order valence-electron chi connectivity index (χ1n) is 6.94. The number of halogens is 4. The van der Waals surface area contributed by atoms with Crippen molar-refractivity contribution in [3.63, 3.8) is 0 Å². The van der Waals surface area contributed by atoms with Gasteiger partial charge in [-0.15, -0.1) is 0 Å². The van der Waals surface area contributed by atoms with Gasteiger partial charge >= 0.3 is 0 Å². The zero-order chi connectivity index (χ0) is 17.3. The number of hydrogen-bond donors (Lipinski definition) is 0. The number of benzene rings is 3. The minimum atomic E-state index is -0.996. The smallest absolute Gasteiger partial charge is 0.141 e. The fraction of sp³-hybridized carbons (Fsp3) is 0. The van der Waals surface area contributed by atoms with Gasteiger partial charge in [0.05, 0.1) is 11.1 Å².